The molecule has 4 heteroatoms. The first-order valence-electron chi connectivity index (χ1n) is 9.04. The predicted octanol–water partition coefficient (Wildman–Crippen LogP) is 3.07. The molecule has 2 aliphatic rings. The lowest BCUT2D eigenvalue weighted by atomic mass is 9.89. The number of carbonyl (C=O) groups is 1. The Morgan fingerprint density at radius 1 is 1.48 bits per heavy atom. The van der Waals surface area contributed by atoms with Gasteiger partial charge in [0.2, 0.25) is 0 Å². The molecule has 0 saturated heterocycles. The highest BCUT2D eigenvalue weighted by molar-refractivity contribution is 5.66. The summed E-state index contributed by atoms with van der Waals surface area (Å²) in [6, 6.07) is 0. The first kappa shape index (κ1) is 19.5. The van der Waals surface area contributed by atoms with E-state index in [0.29, 0.717) is 31.1 Å². The van der Waals surface area contributed by atoms with Crippen LogP contribution in [-0.4, -0.2) is 33.5 Å². The summed E-state index contributed by atoms with van der Waals surface area (Å²) in [6.07, 6.45) is 12.7. The van der Waals surface area contributed by atoms with Gasteiger partial charge in [-0.1, -0.05) is 36.0 Å². The minimum atomic E-state index is -0.779. The van der Waals surface area contributed by atoms with Gasteiger partial charge in [-0.15, -0.1) is 11.8 Å². The van der Waals surface area contributed by atoms with Gasteiger partial charge in [0.15, 0.2) is 0 Å². The van der Waals surface area contributed by atoms with Crippen molar-refractivity contribution in [2.24, 2.45) is 17.8 Å². The fraction of sp³-hybridized carbons (Fsp3) is 0.571. The van der Waals surface area contributed by atoms with Crippen LogP contribution in [0.3, 0.4) is 0 Å². The minimum Gasteiger partial charge on any atom is -0.481 e. The molecule has 4 nitrogen and oxygen atoms in total. The number of allylic oxidation sites excluding steroid dienone is 4. The molecule has 0 aromatic rings. The lowest BCUT2D eigenvalue weighted by Gasteiger charge is -2.18. The molecule has 0 amide bonds. The van der Waals surface area contributed by atoms with Crippen LogP contribution in [0.2, 0.25) is 0 Å². The number of hydrogen-bond donors (Lipinski definition) is 3. The predicted molar refractivity (Wildman–Crippen MR) is 97.6 cm³/mol. The number of aliphatic hydroxyl groups excluding tert-OH is 2. The van der Waals surface area contributed by atoms with E-state index in [2.05, 4.69) is 17.9 Å². The normalized spacial score (nSPS) is 29.5. The van der Waals surface area contributed by atoms with E-state index < -0.39 is 12.1 Å². The molecule has 136 valence electrons. The number of rotatable bonds is 8. The van der Waals surface area contributed by atoms with Gasteiger partial charge in [0.1, 0.15) is 0 Å². The first-order chi connectivity index (χ1) is 12.0. The van der Waals surface area contributed by atoms with E-state index in [4.69, 9.17) is 5.11 Å². The number of aliphatic carboxylic acids is 1. The fourth-order valence-electron chi connectivity index (χ4n) is 3.81. The monoisotopic (exact) mass is 344 g/mol. The summed E-state index contributed by atoms with van der Waals surface area (Å²) in [5.74, 6) is 5.79. The smallest absolute Gasteiger partial charge is 0.303 e. The van der Waals surface area contributed by atoms with Crippen LogP contribution in [0, 0.1) is 29.6 Å². The van der Waals surface area contributed by atoms with Crippen molar-refractivity contribution in [2.45, 2.75) is 57.7 Å². The summed E-state index contributed by atoms with van der Waals surface area (Å²) in [6.45, 7) is 1.79. The lowest BCUT2D eigenvalue weighted by molar-refractivity contribution is -0.136. The third-order valence-corrected chi connectivity index (χ3v) is 5.06. The number of carboxylic acids is 1. The molecule has 0 spiro atoms. The zero-order chi connectivity index (χ0) is 18.2. The molecule has 0 radical (unpaired) electrons. The largest absolute Gasteiger partial charge is 0.481 e. The Morgan fingerprint density at radius 2 is 2.28 bits per heavy atom. The van der Waals surface area contributed by atoms with E-state index in [1.165, 1.54) is 5.57 Å². The van der Waals surface area contributed by atoms with E-state index in [0.717, 1.165) is 12.8 Å². The molecule has 3 N–H and O–H groups in total. The SMILES string of the molecule is CC#CCC[C@H](O)/C=C\[C@H]1[C@H]2CC(C=CCCC(=O)O)=C[C@H]2C[C@H]1O. The molecule has 2 rings (SSSR count). The topological polar surface area (TPSA) is 77.8 Å². The maximum Gasteiger partial charge on any atom is 0.303 e. The number of hydrogen-bond acceptors (Lipinski definition) is 3. The summed E-state index contributed by atoms with van der Waals surface area (Å²) >= 11 is 0. The Balaban J connectivity index is 1.87. The number of fused-ring (bicyclic) bond motifs is 1. The lowest BCUT2D eigenvalue weighted by Crippen LogP contribution is -2.17. The second-order valence-electron chi connectivity index (χ2n) is 6.91. The summed E-state index contributed by atoms with van der Waals surface area (Å²) in [5, 5.41) is 29.0. The van der Waals surface area contributed by atoms with Crippen molar-refractivity contribution in [3.05, 3.63) is 36.0 Å². The second kappa shape index (κ2) is 9.60. The van der Waals surface area contributed by atoms with Gasteiger partial charge in [-0.3, -0.25) is 4.79 Å². The van der Waals surface area contributed by atoms with Gasteiger partial charge in [0.25, 0.3) is 0 Å². The Labute approximate surface area is 150 Å². The maximum absolute atomic E-state index is 10.5. The molecule has 1 saturated carbocycles. The molecule has 0 heterocycles. The minimum absolute atomic E-state index is 0.0677. The zero-order valence-corrected chi connectivity index (χ0v) is 14.8. The van der Waals surface area contributed by atoms with Crippen molar-refractivity contribution < 1.29 is 20.1 Å². The van der Waals surface area contributed by atoms with Gasteiger partial charge in [-0.25, -0.2) is 0 Å². The molecule has 0 aliphatic heterocycles. The van der Waals surface area contributed by atoms with E-state index >= 15 is 0 Å². The van der Waals surface area contributed by atoms with Crippen LogP contribution in [0.1, 0.15) is 45.4 Å². The van der Waals surface area contributed by atoms with Crippen LogP contribution >= 0.6 is 0 Å². The van der Waals surface area contributed by atoms with Crippen molar-refractivity contribution >= 4 is 5.97 Å². The first-order valence-corrected chi connectivity index (χ1v) is 9.04. The molecule has 1 fully saturated rings. The average Bonchev–Trinajstić information content (AvgIpc) is 3.06. The number of aliphatic hydroxyl groups is 2. The van der Waals surface area contributed by atoms with Crippen LogP contribution in [0.5, 0.6) is 0 Å². The Bertz CT molecular complexity index is 605. The fourth-order valence-corrected chi connectivity index (χ4v) is 3.81. The van der Waals surface area contributed by atoms with Gasteiger partial charge < -0.3 is 15.3 Å². The molecular weight excluding hydrogens is 316 g/mol. The van der Waals surface area contributed by atoms with Crippen LogP contribution in [0.25, 0.3) is 0 Å². The van der Waals surface area contributed by atoms with E-state index in [-0.39, 0.29) is 18.4 Å². The summed E-state index contributed by atoms with van der Waals surface area (Å²) < 4.78 is 0. The summed E-state index contributed by atoms with van der Waals surface area (Å²) in [7, 11) is 0. The second-order valence-corrected chi connectivity index (χ2v) is 6.91. The van der Waals surface area contributed by atoms with Gasteiger partial charge in [0.05, 0.1) is 12.2 Å². The Morgan fingerprint density at radius 3 is 3.00 bits per heavy atom. The summed E-state index contributed by atoms with van der Waals surface area (Å²) in [5.41, 5.74) is 1.23. The molecule has 25 heavy (non-hydrogen) atoms. The van der Waals surface area contributed by atoms with Gasteiger partial charge in [-0.05, 0) is 44.4 Å². The van der Waals surface area contributed by atoms with Crippen molar-refractivity contribution in [3.63, 3.8) is 0 Å². The van der Waals surface area contributed by atoms with E-state index in [1.807, 2.05) is 18.2 Å². The number of carboxylic acid groups (broad SMARTS) is 1. The van der Waals surface area contributed by atoms with Crippen LogP contribution < -0.4 is 0 Å². The molecule has 5 atom stereocenters. The highest BCUT2D eigenvalue weighted by Crippen LogP contribution is 2.47. The molecule has 2 aliphatic carbocycles. The van der Waals surface area contributed by atoms with Gasteiger partial charge in [-0.2, -0.15) is 0 Å². The van der Waals surface area contributed by atoms with Crippen LogP contribution in [0.4, 0.5) is 0 Å². The maximum atomic E-state index is 10.5. The molecule has 0 aromatic heterocycles. The van der Waals surface area contributed by atoms with E-state index in [9.17, 15) is 15.0 Å². The Hall–Kier alpha value is -1.83. The Kier molecular flexibility index (Phi) is 7.49. The quantitative estimate of drug-likeness (QED) is 0.467. The highest BCUT2D eigenvalue weighted by Gasteiger charge is 2.42. The molecular formula is C21H28O4. The van der Waals surface area contributed by atoms with Crippen molar-refractivity contribution in [1.29, 1.82) is 0 Å². The highest BCUT2D eigenvalue weighted by atomic mass is 16.4. The summed E-state index contributed by atoms with van der Waals surface area (Å²) in [4.78, 5) is 10.5. The molecule has 0 bridgehead atoms. The van der Waals surface area contributed by atoms with Crippen LogP contribution in [-0.2, 0) is 4.79 Å². The molecule has 0 aromatic carbocycles. The standard InChI is InChI=1S/C21H28O4/c1-2-3-4-8-17(22)10-11-18-19-13-15(7-5-6-9-21(24)25)12-16(19)14-20(18)23/h5,7,10-12,16-20,22-23H,4,6,8-9,13-14H2,1H3,(H,24,25)/b7-5?,11-10-/t16-,17-,18-,19-,20+/m0/s1. The van der Waals surface area contributed by atoms with Crippen LogP contribution in [0.15, 0.2) is 36.0 Å². The van der Waals surface area contributed by atoms with Gasteiger partial charge in [0, 0.05) is 18.8 Å². The van der Waals surface area contributed by atoms with Gasteiger partial charge >= 0.3 is 5.97 Å². The van der Waals surface area contributed by atoms with Crippen molar-refractivity contribution in [1.82, 2.24) is 0 Å². The van der Waals surface area contributed by atoms with Crippen molar-refractivity contribution in [3.8, 4) is 11.8 Å². The third kappa shape index (κ3) is 5.88. The van der Waals surface area contributed by atoms with Crippen molar-refractivity contribution in [2.75, 3.05) is 0 Å². The third-order valence-electron chi connectivity index (χ3n) is 5.06. The average molecular weight is 344 g/mol. The molecule has 0 unspecified atom stereocenters. The zero-order valence-electron chi connectivity index (χ0n) is 14.8. The van der Waals surface area contributed by atoms with E-state index in [1.54, 1.807) is 13.0 Å².